The van der Waals surface area contributed by atoms with Crippen molar-refractivity contribution >= 4 is 17.2 Å². The largest absolute Gasteiger partial charge is 0.416 e. The molecule has 9 heteroatoms. The summed E-state index contributed by atoms with van der Waals surface area (Å²) in [4.78, 5) is 11.2. The SMILES string of the molecule is Nc1[nH][nH]c(=O)c1N=Nc1cccc(C(F)(F)F)c1. The van der Waals surface area contributed by atoms with Gasteiger partial charge in [-0.1, -0.05) is 6.07 Å². The first-order valence-corrected chi connectivity index (χ1v) is 5.03. The average Bonchev–Trinajstić information content (AvgIpc) is 2.66. The molecule has 4 N–H and O–H groups in total. The van der Waals surface area contributed by atoms with Crippen molar-refractivity contribution in [3.63, 3.8) is 0 Å². The molecular formula is C10H8F3N5O. The Kier molecular flexibility index (Phi) is 3.11. The molecule has 0 aliphatic rings. The first kappa shape index (κ1) is 12.9. The molecule has 0 aliphatic carbocycles. The molecule has 0 aliphatic heterocycles. The van der Waals surface area contributed by atoms with Crippen LogP contribution >= 0.6 is 0 Å². The number of nitrogens with one attached hydrogen (secondary N) is 2. The molecule has 0 radical (unpaired) electrons. The molecule has 100 valence electrons. The van der Waals surface area contributed by atoms with Gasteiger partial charge in [0.15, 0.2) is 5.69 Å². The van der Waals surface area contributed by atoms with Crippen LogP contribution in [0, 0.1) is 0 Å². The molecule has 19 heavy (non-hydrogen) atoms. The molecule has 0 amide bonds. The number of azo groups is 1. The molecule has 0 saturated carbocycles. The lowest BCUT2D eigenvalue weighted by atomic mass is 10.2. The van der Waals surface area contributed by atoms with Crippen LogP contribution in [0.2, 0.25) is 0 Å². The number of nitrogens with two attached hydrogens (primary N) is 1. The Morgan fingerprint density at radius 1 is 1.16 bits per heavy atom. The third-order valence-corrected chi connectivity index (χ3v) is 2.22. The summed E-state index contributed by atoms with van der Waals surface area (Å²) in [6, 6.07) is 4.26. The normalized spacial score (nSPS) is 12.2. The van der Waals surface area contributed by atoms with Crippen molar-refractivity contribution in [2.75, 3.05) is 5.73 Å². The third-order valence-electron chi connectivity index (χ3n) is 2.22. The lowest BCUT2D eigenvalue weighted by Gasteiger charge is -2.05. The van der Waals surface area contributed by atoms with E-state index in [-0.39, 0.29) is 17.2 Å². The molecule has 2 aromatic rings. The predicted octanol–water partition coefficient (Wildman–Crippen LogP) is 2.72. The zero-order valence-corrected chi connectivity index (χ0v) is 9.32. The van der Waals surface area contributed by atoms with E-state index in [1.165, 1.54) is 12.1 Å². The number of H-pyrrole nitrogens is 2. The first-order valence-electron chi connectivity index (χ1n) is 5.03. The van der Waals surface area contributed by atoms with Gasteiger partial charge in [-0.15, -0.1) is 5.11 Å². The van der Waals surface area contributed by atoms with Gasteiger partial charge in [-0.3, -0.25) is 15.0 Å². The fourth-order valence-electron chi connectivity index (χ4n) is 1.32. The number of aromatic nitrogens is 2. The Bertz CT molecular complexity index is 670. The zero-order valence-electron chi connectivity index (χ0n) is 9.32. The number of anilines is 1. The highest BCUT2D eigenvalue weighted by atomic mass is 19.4. The first-order chi connectivity index (χ1) is 8.88. The second kappa shape index (κ2) is 4.59. The zero-order chi connectivity index (χ0) is 14.0. The topological polar surface area (TPSA) is 99.4 Å². The van der Waals surface area contributed by atoms with Gasteiger partial charge in [0.2, 0.25) is 0 Å². The summed E-state index contributed by atoms with van der Waals surface area (Å²) < 4.78 is 37.4. The average molecular weight is 271 g/mol. The van der Waals surface area contributed by atoms with Crippen LogP contribution in [0.5, 0.6) is 0 Å². The molecule has 1 aromatic heterocycles. The van der Waals surface area contributed by atoms with Crippen molar-refractivity contribution in [2.24, 2.45) is 10.2 Å². The van der Waals surface area contributed by atoms with E-state index in [1.54, 1.807) is 0 Å². The standard InChI is InChI=1S/C10H8F3N5O/c11-10(12,13)5-2-1-3-6(4-5)15-16-7-8(14)17-18-9(7)19/h1-4H,(H4,14,17,18,19). The number of hydrogen-bond acceptors (Lipinski definition) is 4. The summed E-state index contributed by atoms with van der Waals surface area (Å²) in [7, 11) is 0. The van der Waals surface area contributed by atoms with Crippen LogP contribution in [0.4, 0.5) is 30.4 Å². The lowest BCUT2D eigenvalue weighted by Crippen LogP contribution is -2.03. The molecule has 0 saturated heterocycles. The number of halogens is 3. The number of nitrogen functional groups attached to an aromatic ring is 1. The van der Waals surface area contributed by atoms with Gasteiger partial charge in [0.05, 0.1) is 11.3 Å². The molecule has 6 nitrogen and oxygen atoms in total. The molecule has 0 atom stereocenters. The summed E-state index contributed by atoms with van der Waals surface area (Å²) in [6.07, 6.45) is -4.46. The minimum absolute atomic E-state index is 0.0326. The van der Waals surface area contributed by atoms with Crippen molar-refractivity contribution < 1.29 is 13.2 Å². The van der Waals surface area contributed by atoms with Crippen molar-refractivity contribution in [3.05, 3.63) is 40.2 Å². The minimum atomic E-state index is -4.46. The molecule has 0 spiro atoms. The Balaban J connectivity index is 2.32. The highest BCUT2D eigenvalue weighted by Crippen LogP contribution is 2.31. The Morgan fingerprint density at radius 2 is 1.89 bits per heavy atom. The maximum absolute atomic E-state index is 12.5. The van der Waals surface area contributed by atoms with E-state index in [0.29, 0.717) is 0 Å². The van der Waals surface area contributed by atoms with Gasteiger partial charge in [0.25, 0.3) is 5.56 Å². The Morgan fingerprint density at radius 3 is 2.47 bits per heavy atom. The second-order valence-corrected chi connectivity index (χ2v) is 3.59. The van der Waals surface area contributed by atoms with Gasteiger partial charge in [-0.25, -0.2) is 0 Å². The maximum Gasteiger partial charge on any atom is 0.416 e. The van der Waals surface area contributed by atoms with Gasteiger partial charge in [0, 0.05) is 0 Å². The van der Waals surface area contributed by atoms with Crippen LogP contribution in [0.1, 0.15) is 5.56 Å². The van der Waals surface area contributed by atoms with E-state index in [9.17, 15) is 18.0 Å². The maximum atomic E-state index is 12.5. The summed E-state index contributed by atoms with van der Waals surface area (Å²) >= 11 is 0. The van der Waals surface area contributed by atoms with E-state index in [2.05, 4.69) is 20.4 Å². The van der Waals surface area contributed by atoms with Crippen LogP contribution in [0.25, 0.3) is 0 Å². The molecule has 0 unspecified atom stereocenters. The van der Waals surface area contributed by atoms with Crippen LogP contribution in [0.3, 0.4) is 0 Å². The van der Waals surface area contributed by atoms with Gasteiger partial charge >= 0.3 is 6.18 Å². The highest BCUT2D eigenvalue weighted by molar-refractivity contribution is 5.55. The van der Waals surface area contributed by atoms with Crippen molar-refractivity contribution in [2.45, 2.75) is 6.18 Å². The van der Waals surface area contributed by atoms with Crippen molar-refractivity contribution in [1.82, 2.24) is 10.2 Å². The molecule has 1 heterocycles. The number of aromatic amines is 2. The summed E-state index contributed by atoms with van der Waals surface area (Å²) in [5.74, 6) is -0.0410. The second-order valence-electron chi connectivity index (χ2n) is 3.59. The van der Waals surface area contributed by atoms with E-state index in [0.717, 1.165) is 12.1 Å². The highest BCUT2D eigenvalue weighted by Gasteiger charge is 2.30. The van der Waals surface area contributed by atoms with Gasteiger partial charge < -0.3 is 5.73 Å². The summed E-state index contributed by atoms with van der Waals surface area (Å²) in [5.41, 5.74) is 3.72. The van der Waals surface area contributed by atoms with Crippen LogP contribution in [-0.2, 0) is 6.18 Å². The minimum Gasteiger partial charge on any atom is -0.382 e. The number of alkyl halides is 3. The van der Waals surface area contributed by atoms with E-state index >= 15 is 0 Å². The van der Waals surface area contributed by atoms with Crippen LogP contribution < -0.4 is 11.3 Å². The number of nitrogens with zero attached hydrogens (tertiary/aromatic N) is 2. The molecule has 0 bridgehead atoms. The van der Waals surface area contributed by atoms with E-state index < -0.39 is 17.3 Å². The van der Waals surface area contributed by atoms with E-state index in [1.807, 2.05) is 0 Å². The predicted molar refractivity (Wildman–Crippen MR) is 61.4 cm³/mol. The third kappa shape index (κ3) is 2.81. The fraction of sp³-hybridized carbons (Fsp3) is 0.100. The quantitative estimate of drug-likeness (QED) is 0.731. The van der Waals surface area contributed by atoms with E-state index in [4.69, 9.17) is 5.73 Å². The number of rotatable bonds is 2. The smallest absolute Gasteiger partial charge is 0.382 e. The van der Waals surface area contributed by atoms with Crippen molar-refractivity contribution in [1.29, 1.82) is 0 Å². The Hall–Kier alpha value is -2.58. The number of hydrogen-bond donors (Lipinski definition) is 3. The van der Waals surface area contributed by atoms with Gasteiger partial charge in [-0.2, -0.15) is 18.3 Å². The van der Waals surface area contributed by atoms with Crippen LogP contribution in [0.15, 0.2) is 39.3 Å². The fourth-order valence-corrected chi connectivity index (χ4v) is 1.32. The Labute approximate surface area is 104 Å². The lowest BCUT2D eigenvalue weighted by molar-refractivity contribution is -0.137. The summed E-state index contributed by atoms with van der Waals surface area (Å²) in [6.45, 7) is 0. The molecular weight excluding hydrogens is 263 g/mol. The monoisotopic (exact) mass is 271 g/mol. The van der Waals surface area contributed by atoms with Gasteiger partial charge in [-0.05, 0) is 18.2 Å². The molecule has 0 fully saturated rings. The van der Waals surface area contributed by atoms with Crippen LogP contribution in [-0.4, -0.2) is 10.2 Å². The number of benzene rings is 1. The molecule has 2 rings (SSSR count). The summed E-state index contributed by atoms with van der Waals surface area (Å²) in [5, 5.41) is 11.6. The molecule has 1 aromatic carbocycles. The van der Waals surface area contributed by atoms with Crippen molar-refractivity contribution in [3.8, 4) is 0 Å². The van der Waals surface area contributed by atoms with Gasteiger partial charge in [0.1, 0.15) is 5.82 Å².